The first-order valence-electron chi connectivity index (χ1n) is 9.92. The third kappa shape index (κ3) is 4.00. The molecule has 1 heterocycles. The molecule has 0 spiro atoms. The molecule has 0 bridgehead atoms. The van der Waals surface area contributed by atoms with E-state index in [0.717, 1.165) is 22.1 Å². The Morgan fingerprint density at radius 1 is 0.938 bits per heavy atom. The molecule has 1 saturated heterocycles. The Hall–Kier alpha value is -4.26. The molecule has 1 N–H and O–H groups in total. The van der Waals surface area contributed by atoms with E-state index in [4.69, 9.17) is 0 Å². The number of guanidine groups is 1. The molecule has 0 saturated carbocycles. The van der Waals surface area contributed by atoms with Crippen LogP contribution in [0, 0.1) is 5.82 Å². The maximum atomic E-state index is 14.1. The van der Waals surface area contributed by atoms with Gasteiger partial charge in [-0.2, -0.15) is 4.99 Å². The summed E-state index contributed by atoms with van der Waals surface area (Å²) in [6.45, 7) is 0. The first kappa shape index (κ1) is 21.0. The zero-order chi connectivity index (χ0) is 22.7. The first-order chi connectivity index (χ1) is 15.5. The standard InChI is InChI=1S/C25H20FN3O3/c1-28-22(18-12-6-3-7-13-18)21(16-17-10-4-2-5-11-17)29(25(31)32)24(28)27-23(30)19-14-8-9-15-20(19)26/h2-16,22H,1H3,(H,31,32). The van der Waals surface area contributed by atoms with Crippen LogP contribution >= 0.6 is 0 Å². The summed E-state index contributed by atoms with van der Waals surface area (Å²) in [5, 5.41) is 10.0. The zero-order valence-corrected chi connectivity index (χ0v) is 17.2. The van der Waals surface area contributed by atoms with Crippen LogP contribution in [0.2, 0.25) is 0 Å². The highest BCUT2D eigenvalue weighted by Gasteiger charge is 2.43. The monoisotopic (exact) mass is 429 g/mol. The number of rotatable bonds is 3. The van der Waals surface area contributed by atoms with E-state index in [0.29, 0.717) is 5.70 Å². The van der Waals surface area contributed by atoms with Crippen LogP contribution in [0.15, 0.2) is 95.6 Å². The van der Waals surface area contributed by atoms with Crippen LogP contribution in [0.4, 0.5) is 9.18 Å². The molecule has 1 aliphatic heterocycles. The highest BCUT2D eigenvalue weighted by atomic mass is 19.1. The third-order valence-electron chi connectivity index (χ3n) is 5.17. The molecule has 160 valence electrons. The Morgan fingerprint density at radius 3 is 2.16 bits per heavy atom. The van der Waals surface area contributed by atoms with Crippen molar-refractivity contribution in [3.63, 3.8) is 0 Å². The van der Waals surface area contributed by atoms with Crippen molar-refractivity contribution in [1.82, 2.24) is 9.80 Å². The number of hydrogen-bond donors (Lipinski definition) is 1. The lowest BCUT2D eigenvalue weighted by molar-refractivity contribution is 0.0996. The molecule has 1 fully saturated rings. The van der Waals surface area contributed by atoms with E-state index < -0.39 is 23.9 Å². The predicted molar refractivity (Wildman–Crippen MR) is 119 cm³/mol. The molecule has 1 atom stereocenters. The highest BCUT2D eigenvalue weighted by molar-refractivity contribution is 6.08. The minimum atomic E-state index is -1.29. The number of likely N-dealkylation sites (N-methyl/N-ethyl adjacent to an activating group) is 1. The Bertz CT molecular complexity index is 1210. The van der Waals surface area contributed by atoms with Gasteiger partial charge >= 0.3 is 6.09 Å². The highest BCUT2D eigenvalue weighted by Crippen LogP contribution is 2.38. The molecular weight excluding hydrogens is 409 g/mol. The van der Waals surface area contributed by atoms with Crippen molar-refractivity contribution < 1.29 is 19.1 Å². The Kier molecular flexibility index (Phi) is 5.81. The van der Waals surface area contributed by atoms with E-state index in [1.807, 2.05) is 60.7 Å². The topological polar surface area (TPSA) is 73.2 Å². The van der Waals surface area contributed by atoms with Crippen molar-refractivity contribution in [2.45, 2.75) is 6.04 Å². The molecule has 3 aromatic carbocycles. The molecule has 6 nitrogen and oxygen atoms in total. The van der Waals surface area contributed by atoms with Gasteiger partial charge in [0.05, 0.1) is 17.3 Å². The summed E-state index contributed by atoms with van der Waals surface area (Å²) in [4.78, 5) is 31.7. The van der Waals surface area contributed by atoms with E-state index in [9.17, 15) is 19.1 Å². The number of carbonyl (C=O) groups is 2. The van der Waals surface area contributed by atoms with Crippen molar-refractivity contribution in [1.29, 1.82) is 0 Å². The smallest absolute Gasteiger partial charge is 0.418 e. The average Bonchev–Trinajstić information content (AvgIpc) is 3.06. The number of aliphatic imine (C=N–C) groups is 1. The molecule has 7 heteroatoms. The first-order valence-corrected chi connectivity index (χ1v) is 9.92. The summed E-state index contributed by atoms with van der Waals surface area (Å²) >= 11 is 0. The largest absolute Gasteiger partial charge is 0.464 e. The summed E-state index contributed by atoms with van der Waals surface area (Å²) in [5.74, 6) is -1.67. The maximum absolute atomic E-state index is 14.1. The van der Waals surface area contributed by atoms with E-state index >= 15 is 0 Å². The van der Waals surface area contributed by atoms with Crippen molar-refractivity contribution in [2.24, 2.45) is 4.99 Å². The molecule has 3 aromatic rings. The number of carbonyl (C=O) groups excluding carboxylic acids is 1. The van der Waals surface area contributed by atoms with Gasteiger partial charge < -0.3 is 10.0 Å². The van der Waals surface area contributed by atoms with Gasteiger partial charge in [0.25, 0.3) is 5.91 Å². The normalized spacial score (nSPS) is 18.4. The van der Waals surface area contributed by atoms with Gasteiger partial charge in [-0.05, 0) is 29.3 Å². The summed E-state index contributed by atoms with van der Waals surface area (Å²) in [6.07, 6.45) is 0.454. The average molecular weight is 429 g/mol. The van der Waals surface area contributed by atoms with Crippen molar-refractivity contribution in [2.75, 3.05) is 7.05 Å². The lowest BCUT2D eigenvalue weighted by Gasteiger charge is -2.20. The summed E-state index contributed by atoms with van der Waals surface area (Å²) < 4.78 is 14.1. The second kappa shape index (κ2) is 8.85. The van der Waals surface area contributed by atoms with E-state index in [2.05, 4.69) is 4.99 Å². The number of halogens is 1. The fraction of sp³-hybridized carbons (Fsp3) is 0.0800. The lowest BCUT2D eigenvalue weighted by Crippen LogP contribution is -2.35. The molecule has 0 aromatic heterocycles. The molecule has 1 unspecified atom stereocenters. The molecule has 1 aliphatic rings. The lowest BCUT2D eigenvalue weighted by atomic mass is 10.0. The van der Waals surface area contributed by atoms with Crippen molar-refractivity contribution >= 4 is 24.0 Å². The van der Waals surface area contributed by atoms with Gasteiger partial charge in [-0.15, -0.1) is 0 Å². The fourth-order valence-electron chi connectivity index (χ4n) is 3.71. The van der Waals surface area contributed by atoms with E-state index in [-0.39, 0.29) is 11.5 Å². The Balaban J connectivity index is 1.87. The molecule has 2 amide bonds. The minimum absolute atomic E-state index is 0.0956. The molecule has 0 aliphatic carbocycles. The predicted octanol–water partition coefficient (Wildman–Crippen LogP) is 5.03. The van der Waals surface area contributed by atoms with Crippen LogP contribution in [0.25, 0.3) is 6.08 Å². The quantitative estimate of drug-likeness (QED) is 0.634. The molecular formula is C25H20FN3O3. The fourth-order valence-corrected chi connectivity index (χ4v) is 3.71. The van der Waals surface area contributed by atoms with Gasteiger partial charge in [0, 0.05) is 7.05 Å². The third-order valence-corrected chi connectivity index (χ3v) is 5.17. The van der Waals surface area contributed by atoms with Crippen molar-refractivity contribution in [3.8, 4) is 0 Å². The van der Waals surface area contributed by atoms with Crippen LogP contribution in [-0.2, 0) is 0 Å². The van der Waals surface area contributed by atoms with E-state index in [1.54, 1.807) is 18.0 Å². The van der Waals surface area contributed by atoms with Crippen LogP contribution in [0.1, 0.15) is 27.5 Å². The molecule has 32 heavy (non-hydrogen) atoms. The van der Waals surface area contributed by atoms with Gasteiger partial charge in [0.15, 0.2) is 0 Å². The molecule has 0 radical (unpaired) electrons. The summed E-state index contributed by atoms with van der Waals surface area (Å²) in [7, 11) is 1.66. The Labute approximate surface area is 184 Å². The SMILES string of the molecule is CN1C(=NC(=O)c2ccccc2F)N(C(=O)O)C(=Cc2ccccc2)C1c1ccccc1. The Morgan fingerprint density at radius 2 is 1.53 bits per heavy atom. The zero-order valence-electron chi connectivity index (χ0n) is 17.2. The summed E-state index contributed by atoms with van der Waals surface area (Å²) in [5.41, 5.74) is 1.81. The summed E-state index contributed by atoms with van der Waals surface area (Å²) in [6, 6.07) is 23.6. The number of nitrogens with zero attached hydrogens (tertiary/aromatic N) is 3. The van der Waals surface area contributed by atoms with Crippen LogP contribution in [-0.4, -0.2) is 39.9 Å². The molecule has 4 rings (SSSR count). The van der Waals surface area contributed by atoms with Crippen LogP contribution in [0.3, 0.4) is 0 Å². The number of carboxylic acid groups (broad SMARTS) is 1. The number of hydrogen-bond acceptors (Lipinski definition) is 2. The second-order valence-corrected chi connectivity index (χ2v) is 7.22. The number of benzene rings is 3. The van der Waals surface area contributed by atoms with Gasteiger partial charge in [-0.1, -0.05) is 72.8 Å². The van der Waals surface area contributed by atoms with Crippen LogP contribution in [0.5, 0.6) is 0 Å². The maximum Gasteiger partial charge on any atom is 0.418 e. The van der Waals surface area contributed by atoms with E-state index in [1.165, 1.54) is 18.2 Å². The number of amides is 2. The van der Waals surface area contributed by atoms with Gasteiger partial charge in [-0.3, -0.25) is 4.79 Å². The van der Waals surface area contributed by atoms with Gasteiger partial charge in [-0.25, -0.2) is 14.1 Å². The second-order valence-electron chi connectivity index (χ2n) is 7.22. The van der Waals surface area contributed by atoms with Crippen LogP contribution < -0.4 is 0 Å². The minimum Gasteiger partial charge on any atom is -0.464 e. The van der Waals surface area contributed by atoms with Gasteiger partial charge in [0.2, 0.25) is 5.96 Å². The van der Waals surface area contributed by atoms with Crippen molar-refractivity contribution in [3.05, 3.63) is 113 Å². The van der Waals surface area contributed by atoms with Gasteiger partial charge in [0.1, 0.15) is 5.82 Å².